The fourth-order valence-electron chi connectivity index (χ4n) is 3.00. The molecule has 5 nitrogen and oxygen atoms in total. The summed E-state index contributed by atoms with van der Waals surface area (Å²) >= 11 is 1.74. The first-order valence-electron chi connectivity index (χ1n) is 7.35. The summed E-state index contributed by atoms with van der Waals surface area (Å²) in [5, 5.41) is 10.3. The van der Waals surface area contributed by atoms with Gasteiger partial charge in [0, 0.05) is 11.4 Å². The number of aromatic nitrogens is 2. The molecule has 2 heterocycles. The predicted octanol–water partition coefficient (Wildman–Crippen LogP) is 2.79. The van der Waals surface area contributed by atoms with Crippen molar-refractivity contribution >= 4 is 33.3 Å². The highest BCUT2D eigenvalue weighted by Gasteiger charge is 2.24. The van der Waals surface area contributed by atoms with E-state index >= 15 is 0 Å². The van der Waals surface area contributed by atoms with Crippen molar-refractivity contribution in [2.45, 2.75) is 39.5 Å². The van der Waals surface area contributed by atoms with Gasteiger partial charge in [0.05, 0.1) is 5.39 Å². The van der Waals surface area contributed by atoms with E-state index in [1.165, 1.54) is 16.9 Å². The second-order valence-corrected chi connectivity index (χ2v) is 6.53. The smallest absolute Gasteiger partial charge is 0.323 e. The van der Waals surface area contributed by atoms with Crippen molar-refractivity contribution in [3.63, 3.8) is 0 Å². The molecule has 0 spiro atoms. The zero-order chi connectivity index (χ0) is 15.0. The molecular weight excluding hydrogens is 286 g/mol. The molecule has 0 fully saturated rings. The highest BCUT2D eigenvalue weighted by atomic mass is 32.1. The van der Waals surface area contributed by atoms with Crippen LogP contribution in [0, 0.1) is 6.92 Å². The number of carboxylic acids is 1. The number of aryl methyl sites for hydroxylation is 3. The third-order valence-corrected chi connectivity index (χ3v) is 4.96. The molecule has 112 valence electrons. The Kier molecular flexibility index (Phi) is 3.80. The van der Waals surface area contributed by atoms with E-state index < -0.39 is 5.97 Å². The minimum Gasteiger partial charge on any atom is -0.480 e. The maximum absolute atomic E-state index is 11.2. The summed E-state index contributed by atoms with van der Waals surface area (Å²) in [6.45, 7) is 4.61. The van der Waals surface area contributed by atoms with Gasteiger partial charge >= 0.3 is 5.97 Å². The average Bonchev–Trinajstić information content (AvgIpc) is 2.96. The van der Waals surface area contributed by atoms with Crippen molar-refractivity contribution in [1.29, 1.82) is 0 Å². The van der Waals surface area contributed by atoms with Gasteiger partial charge in [0.15, 0.2) is 0 Å². The number of hydrogen-bond acceptors (Lipinski definition) is 5. The highest BCUT2D eigenvalue weighted by Crippen LogP contribution is 2.40. The molecule has 3 rings (SSSR count). The predicted molar refractivity (Wildman–Crippen MR) is 84.3 cm³/mol. The van der Waals surface area contributed by atoms with Crippen LogP contribution >= 0.6 is 11.3 Å². The van der Waals surface area contributed by atoms with Gasteiger partial charge in [-0.3, -0.25) is 4.79 Å². The summed E-state index contributed by atoms with van der Waals surface area (Å²) in [5.74, 6) is 0.699. The Balaban J connectivity index is 2.16. The Labute approximate surface area is 127 Å². The van der Waals surface area contributed by atoms with E-state index in [0.29, 0.717) is 12.4 Å². The van der Waals surface area contributed by atoms with Crippen LogP contribution in [-0.4, -0.2) is 34.1 Å². The summed E-state index contributed by atoms with van der Waals surface area (Å²) in [5.41, 5.74) is 1.34. The first-order chi connectivity index (χ1) is 10.1. The third kappa shape index (κ3) is 2.60. The largest absolute Gasteiger partial charge is 0.480 e. The standard InChI is InChI=1S/C15H19N3O2S/c1-3-7-18(8-12(19)20)14-13-10-5-4-6-11(10)21-15(13)17-9(2)16-14/h3-8H2,1-2H3,(H,19,20). The van der Waals surface area contributed by atoms with Crippen LogP contribution < -0.4 is 4.90 Å². The zero-order valence-electron chi connectivity index (χ0n) is 12.3. The van der Waals surface area contributed by atoms with E-state index in [1.807, 2.05) is 11.8 Å². The molecule has 0 aliphatic heterocycles. The molecule has 0 aromatic carbocycles. The molecule has 0 bridgehead atoms. The molecule has 1 aliphatic carbocycles. The van der Waals surface area contributed by atoms with Crippen molar-refractivity contribution < 1.29 is 9.90 Å². The maximum Gasteiger partial charge on any atom is 0.323 e. The Hall–Kier alpha value is -1.69. The van der Waals surface area contributed by atoms with Gasteiger partial charge in [-0.05, 0) is 38.2 Å². The van der Waals surface area contributed by atoms with E-state index in [-0.39, 0.29) is 6.54 Å². The first kappa shape index (κ1) is 14.3. The summed E-state index contributed by atoms with van der Waals surface area (Å²) < 4.78 is 0. The summed E-state index contributed by atoms with van der Waals surface area (Å²) in [6.07, 6.45) is 4.24. The Morgan fingerprint density at radius 1 is 1.38 bits per heavy atom. The van der Waals surface area contributed by atoms with Gasteiger partial charge in [0.1, 0.15) is 23.0 Å². The average molecular weight is 305 g/mol. The number of anilines is 1. The molecule has 21 heavy (non-hydrogen) atoms. The topological polar surface area (TPSA) is 66.3 Å². The van der Waals surface area contributed by atoms with E-state index in [9.17, 15) is 9.90 Å². The van der Waals surface area contributed by atoms with Crippen molar-refractivity contribution in [1.82, 2.24) is 9.97 Å². The van der Waals surface area contributed by atoms with Crippen LogP contribution in [0.25, 0.3) is 10.2 Å². The van der Waals surface area contributed by atoms with Crippen molar-refractivity contribution in [2.75, 3.05) is 18.0 Å². The van der Waals surface area contributed by atoms with Gasteiger partial charge in [-0.2, -0.15) is 0 Å². The van der Waals surface area contributed by atoms with Crippen LogP contribution in [0.4, 0.5) is 5.82 Å². The maximum atomic E-state index is 11.2. The lowest BCUT2D eigenvalue weighted by molar-refractivity contribution is -0.135. The summed E-state index contributed by atoms with van der Waals surface area (Å²) in [4.78, 5) is 24.6. The lowest BCUT2D eigenvalue weighted by atomic mass is 10.1. The van der Waals surface area contributed by atoms with Gasteiger partial charge in [-0.1, -0.05) is 6.92 Å². The molecule has 2 aromatic rings. The normalized spacial score (nSPS) is 13.6. The van der Waals surface area contributed by atoms with E-state index in [1.54, 1.807) is 11.3 Å². The van der Waals surface area contributed by atoms with Crippen LogP contribution in [0.1, 0.15) is 36.0 Å². The van der Waals surface area contributed by atoms with Crippen LogP contribution in [0.5, 0.6) is 0 Å². The highest BCUT2D eigenvalue weighted by molar-refractivity contribution is 7.19. The van der Waals surface area contributed by atoms with E-state index in [2.05, 4.69) is 16.9 Å². The van der Waals surface area contributed by atoms with Gasteiger partial charge in [-0.15, -0.1) is 11.3 Å². The molecule has 0 radical (unpaired) electrons. The number of hydrogen-bond donors (Lipinski definition) is 1. The molecule has 0 saturated carbocycles. The summed E-state index contributed by atoms with van der Waals surface area (Å²) in [6, 6.07) is 0. The molecule has 0 amide bonds. The Morgan fingerprint density at radius 2 is 2.19 bits per heavy atom. The summed E-state index contributed by atoms with van der Waals surface area (Å²) in [7, 11) is 0. The third-order valence-electron chi connectivity index (χ3n) is 3.78. The lowest BCUT2D eigenvalue weighted by Crippen LogP contribution is -2.31. The first-order valence-corrected chi connectivity index (χ1v) is 8.17. The van der Waals surface area contributed by atoms with Crippen LogP contribution in [0.2, 0.25) is 0 Å². The second kappa shape index (κ2) is 5.60. The van der Waals surface area contributed by atoms with Gasteiger partial charge in [0.25, 0.3) is 0 Å². The molecule has 1 N–H and O–H groups in total. The van der Waals surface area contributed by atoms with Crippen molar-refractivity contribution in [2.24, 2.45) is 0 Å². The van der Waals surface area contributed by atoms with E-state index in [4.69, 9.17) is 0 Å². The zero-order valence-corrected chi connectivity index (χ0v) is 13.2. The Bertz CT molecular complexity index is 696. The van der Waals surface area contributed by atoms with E-state index in [0.717, 1.165) is 35.3 Å². The monoisotopic (exact) mass is 305 g/mol. The number of nitrogens with zero attached hydrogens (tertiary/aromatic N) is 3. The molecule has 0 unspecified atom stereocenters. The van der Waals surface area contributed by atoms with Gasteiger partial charge < -0.3 is 10.0 Å². The number of rotatable bonds is 5. The Morgan fingerprint density at radius 3 is 2.90 bits per heavy atom. The van der Waals surface area contributed by atoms with Crippen molar-refractivity contribution in [3.05, 3.63) is 16.3 Å². The van der Waals surface area contributed by atoms with Crippen LogP contribution in [-0.2, 0) is 17.6 Å². The minimum atomic E-state index is -0.820. The lowest BCUT2D eigenvalue weighted by Gasteiger charge is -2.22. The van der Waals surface area contributed by atoms with Gasteiger partial charge in [0.2, 0.25) is 0 Å². The number of carbonyl (C=O) groups is 1. The fourth-order valence-corrected chi connectivity index (χ4v) is 4.30. The number of aliphatic carboxylic acids is 1. The quantitative estimate of drug-likeness (QED) is 0.920. The molecule has 0 saturated heterocycles. The number of fused-ring (bicyclic) bond motifs is 3. The SMILES string of the molecule is CCCN(CC(=O)O)c1nc(C)nc2sc3c(c12)CCC3. The molecule has 6 heteroatoms. The van der Waals surface area contributed by atoms with Crippen LogP contribution in [0.3, 0.4) is 0 Å². The van der Waals surface area contributed by atoms with Gasteiger partial charge in [-0.25, -0.2) is 9.97 Å². The second-order valence-electron chi connectivity index (χ2n) is 5.45. The van der Waals surface area contributed by atoms with Crippen molar-refractivity contribution in [3.8, 4) is 0 Å². The molecular formula is C15H19N3O2S. The molecule has 2 aromatic heterocycles. The van der Waals surface area contributed by atoms with Crippen LogP contribution in [0.15, 0.2) is 0 Å². The molecule has 0 atom stereocenters. The molecule has 1 aliphatic rings. The number of carboxylic acid groups (broad SMARTS) is 1. The fraction of sp³-hybridized carbons (Fsp3) is 0.533. The number of thiophene rings is 1. The minimum absolute atomic E-state index is 0.00991.